The van der Waals surface area contributed by atoms with Crippen molar-refractivity contribution in [1.82, 2.24) is 0 Å². The summed E-state index contributed by atoms with van der Waals surface area (Å²) in [4.78, 5) is 5.02. The standard InChI is InChI=1S/C52H42N2/c1-51(2)43-25-15-13-21-36(43)40-30-45-42(31-44(40)51)50-39-24-12-11-22-37(39)49(32-46(50)52(45,3)4)53(33-17-7-5-8-18-33)35-27-28-48-41(29-35)38-23-14-16-26-47(38)54(48)34-19-9-6-10-20-34/h5-32,38,47H,1-4H3. The number of rotatable bonds is 4. The first-order valence-corrected chi connectivity index (χ1v) is 19.4. The van der Waals surface area contributed by atoms with Crippen LogP contribution >= 0.6 is 0 Å². The molecule has 3 aliphatic carbocycles. The van der Waals surface area contributed by atoms with Crippen LogP contribution in [0.25, 0.3) is 33.0 Å². The second kappa shape index (κ2) is 11.2. The van der Waals surface area contributed by atoms with Crippen molar-refractivity contribution in [3.05, 3.63) is 198 Å². The van der Waals surface area contributed by atoms with Crippen LogP contribution in [0.4, 0.5) is 28.4 Å². The van der Waals surface area contributed by atoms with Gasteiger partial charge in [-0.25, -0.2) is 0 Å². The molecule has 0 N–H and O–H groups in total. The van der Waals surface area contributed by atoms with Gasteiger partial charge in [0.1, 0.15) is 0 Å². The second-order valence-corrected chi connectivity index (χ2v) is 16.5. The zero-order valence-electron chi connectivity index (χ0n) is 31.2. The van der Waals surface area contributed by atoms with Crippen LogP contribution in [-0.4, -0.2) is 6.04 Å². The van der Waals surface area contributed by atoms with E-state index in [-0.39, 0.29) is 22.8 Å². The van der Waals surface area contributed by atoms with E-state index in [9.17, 15) is 0 Å². The van der Waals surface area contributed by atoms with E-state index >= 15 is 0 Å². The van der Waals surface area contributed by atoms with Crippen LogP contribution < -0.4 is 9.80 Å². The minimum Gasteiger partial charge on any atom is -0.333 e. The van der Waals surface area contributed by atoms with Gasteiger partial charge in [0.15, 0.2) is 0 Å². The average Bonchev–Trinajstić information content (AvgIpc) is 3.74. The molecule has 0 saturated heterocycles. The van der Waals surface area contributed by atoms with Crippen LogP contribution in [0, 0.1) is 0 Å². The molecule has 0 spiro atoms. The lowest BCUT2D eigenvalue weighted by atomic mass is 9.79. The van der Waals surface area contributed by atoms with Crippen molar-refractivity contribution in [2.24, 2.45) is 0 Å². The maximum atomic E-state index is 2.54. The smallest absolute Gasteiger partial charge is 0.0629 e. The Morgan fingerprint density at radius 2 is 1.15 bits per heavy atom. The first-order chi connectivity index (χ1) is 26.3. The summed E-state index contributed by atoms with van der Waals surface area (Å²) in [5, 5.41) is 2.57. The van der Waals surface area contributed by atoms with Gasteiger partial charge in [-0.05, 0) is 116 Å². The molecular formula is C52H42N2. The topological polar surface area (TPSA) is 6.48 Å². The molecule has 2 nitrogen and oxygen atoms in total. The Morgan fingerprint density at radius 1 is 0.500 bits per heavy atom. The van der Waals surface area contributed by atoms with Crippen LogP contribution in [0.3, 0.4) is 0 Å². The van der Waals surface area contributed by atoms with E-state index < -0.39 is 0 Å². The van der Waals surface area contributed by atoms with Gasteiger partial charge in [0.25, 0.3) is 0 Å². The van der Waals surface area contributed by atoms with Crippen LogP contribution in [0.2, 0.25) is 0 Å². The molecular weight excluding hydrogens is 653 g/mol. The molecule has 2 heteroatoms. The fourth-order valence-corrected chi connectivity index (χ4v) is 10.3. The van der Waals surface area contributed by atoms with Crippen molar-refractivity contribution in [2.75, 3.05) is 9.80 Å². The molecule has 260 valence electrons. The molecule has 11 rings (SSSR count). The lowest BCUT2D eigenvalue weighted by Crippen LogP contribution is -2.28. The van der Waals surface area contributed by atoms with Gasteiger partial charge in [0.2, 0.25) is 0 Å². The van der Waals surface area contributed by atoms with E-state index in [1.54, 1.807) is 0 Å². The van der Waals surface area contributed by atoms with Crippen molar-refractivity contribution >= 4 is 39.2 Å². The largest absolute Gasteiger partial charge is 0.333 e. The Morgan fingerprint density at radius 3 is 1.96 bits per heavy atom. The Bertz CT molecular complexity index is 2730. The maximum absolute atomic E-state index is 2.54. The van der Waals surface area contributed by atoms with Gasteiger partial charge in [-0.3, -0.25) is 0 Å². The van der Waals surface area contributed by atoms with Gasteiger partial charge in [0.05, 0.1) is 11.7 Å². The molecule has 1 heterocycles. The number of hydrogen-bond acceptors (Lipinski definition) is 2. The van der Waals surface area contributed by atoms with Gasteiger partial charge >= 0.3 is 0 Å². The van der Waals surface area contributed by atoms with Crippen LogP contribution in [0.1, 0.15) is 61.4 Å². The summed E-state index contributed by atoms with van der Waals surface area (Å²) in [5.74, 6) is 0.268. The Hall–Kier alpha value is -6.12. The number of hydrogen-bond donors (Lipinski definition) is 0. The molecule has 0 saturated carbocycles. The zero-order chi connectivity index (χ0) is 36.3. The van der Waals surface area contributed by atoms with Crippen molar-refractivity contribution in [3.8, 4) is 22.3 Å². The second-order valence-electron chi connectivity index (χ2n) is 16.5. The minimum atomic E-state index is -0.191. The summed E-state index contributed by atoms with van der Waals surface area (Å²) < 4.78 is 0. The van der Waals surface area contributed by atoms with E-state index in [1.165, 1.54) is 83.6 Å². The van der Waals surface area contributed by atoms with Crippen molar-refractivity contribution < 1.29 is 0 Å². The van der Waals surface area contributed by atoms with Crippen molar-refractivity contribution in [3.63, 3.8) is 0 Å². The summed E-state index contributed by atoms with van der Waals surface area (Å²) in [5.41, 5.74) is 18.3. The van der Waals surface area contributed by atoms with E-state index in [2.05, 4.69) is 207 Å². The van der Waals surface area contributed by atoms with Crippen molar-refractivity contribution in [2.45, 2.75) is 50.5 Å². The molecule has 7 aromatic carbocycles. The third kappa shape index (κ3) is 4.23. The monoisotopic (exact) mass is 694 g/mol. The van der Waals surface area contributed by atoms with E-state index in [1.807, 2.05) is 0 Å². The molecule has 2 atom stereocenters. The fraction of sp³-hybridized carbons (Fsp3) is 0.154. The highest BCUT2D eigenvalue weighted by atomic mass is 15.2. The molecule has 54 heavy (non-hydrogen) atoms. The van der Waals surface area contributed by atoms with Gasteiger partial charge in [0, 0.05) is 44.9 Å². The quantitative estimate of drug-likeness (QED) is 0.181. The number of para-hydroxylation sites is 2. The van der Waals surface area contributed by atoms with E-state index in [0.717, 1.165) is 5.69 Å². The summed E-state index contributed by atoms with van der Waals surface area (Å²) in [7, 11) is 0. The van der Waals surface area contributed by atoms with Gasteiger partial charge in [-0.2, -0.15) is 0 Å². The lowest BCUT2D eigenvalue weighted by Gasteiger charge is -2.30. The summed E-state index contributed by atoms with van der Waals surface area (Å²) >= 11 is 0. The Labute approximate surface area is 318 Å². The van der Waals surface area contributed by atoms with Crippen LogP contribution in [-0.2, 0) is 10.8 Å². The highest BCUT2D eigenvalue weighted by Crippen LogP contribution is 2.59. The normalized spacial score (nSPS) is 18.9. The molecule has 0 aromatic heterocycles. The summed E-state index contributed by atoms with van der Waals surface area (Å²) in [6.45, 7) is 9.64. The zero-order valence-corrected chi connectivity index (χ0v) is 31.2. The number of benzene rings is 7. The minimum absolute atomic E-state index is 0.0559. The first kappa shape index (κ1) is 31.4. The first-order valence-electron chi connectivity index (χ1n) is 19.4. The maximum Gasteiger partial charge on any atom is 0.0629 e. The Balaban J connectivity index is 1.13. The van der Waals surface area contributed by atoms with Gasteiger partial charge < -0.3 is 9.80 Å². The van der Waals surface area contributed by atoms with E-state index in [0.29, 0.717) is 0 Å². The highest BCUT2D eigenvalue weighted by Gasteiger charge is 2.43. The fourth-order valence-electron chi connectivity index (χ4n) is 10.3. The molecule has 2 unspecified atom stereocenters. The third-order valence-electron chi connectivity index (χ3n) is 12.9. The molecule has 4 aliphatic rings. The Kier molecular flexibility index (Phi) is 6.51. The average molecular weight is 695 g/mol. The van der Waals surface area contributed by atoms with Crippen LogP contribution in [0.5, 0.6) is 0 Å². The lowest BCUT2D eigenvalue weighted by molar-refractivity contribution is 0.652. The number of nitrogens with zero attached hydrogens (tertiary/aromatic N) is 2. The third-order valence-corrected chi connectivity index (χ3v) is 12.9. The molecule has 0 bridgehead atoms. The SMILES string of the molecule is CC1(C)c2ccccc2-c2cc3c(cc21)-c1c(cc(N(c2ccccc2)c2ccc4c(c2)C2C=CC=CC2N4c2ccccc2)c2ccccc12)C3(C)C. The molecule has 7 aromatic rings. The predicted molar refractivity (Wildman–Crippen MR) is 227 cm³/mol. The molecule has 0 fully saturated rings. The molecule has 1 aliphatic heterocycles. The highest BCUT2D eigenvalue weighted by molar-refractivity contribution is 6.10. The molecule has 0 radical (unpaired) electrons. The number of fused-ring (bicyclic) bond motifs is 11. The number of anilines is 5. The molecule has 0 amide bonds. The van der Waals surface area contributed by atoms with Crippen LogP contribution in [0.15, 0.2) is 170 Å². The van der Waals surface area contributed by atoms with Gasteiger partial charge in [-0.1, -0.05) is 137 Å². The summed E-state index contributed by atoms with van der Waals surface area (Å²) in [6, 6.07) is 54.9. The van der Waals surface area contributed by atoms with E-state index in [4.69, 9.17) is 0 Å². The predicted octanol–water partition coefficient (Wildman–Crippen LogP) is 13.7. The van der Waals surface area contributed by atoms with Crippen molar-refractivity contribution in [1.29, 1.82) is 0 Å². The van der Waals surface area contributed by atoms with Gasteiger partial charge in [-0.15, -0.1) is 0 Å². The number of allylic oxidation sites excluding steroid dienone is 2. The summed E-state index contributed by atoms with van der Waals surface area (Å²) in [6.07, 6.45) is 9.15.